The summed E-state index contributed by atoms with van der Waals surface area (Å²) < 4.78 is 21.9. The maximum Gasteiger partial charge on any atom is 0.246 e. The van der Waals surface area contributed by atoms with Gasteiger partial charge in [0.2, 0.25) is 11.7 Å². The van der Waals surface area contributed by atoms with E-state index in [2.05, 4.69) is 0 Å². The van der Waals surface area contributed by atoms with Crippen molar-refractivity contribution in [2.24, 2.45) is 0 Å². The summed E-state index contributed by atoms with van der Waals surface area (Å²) in [6.07, 6.45) is 3.22. The smallest absolute Gasteiger partial charge is 0.246 e. The van der Waals surface area contributed by atoms with Gasteiger partial charge in [-0.2, -0.15) is 0 Å². The summed E-state index contributed by atoms with van der Waals surface area (Å²) in [5.74, 6) is 2.29. The van der Waals surface area contributed by atoms with E-state index in [9.17, 15) is 4.79 Å². The Kier molecular flexibility index (Phi) is 6.31. The normalized spacial score (nSPS) is 12.7. The van der Waals surface area contributed by atoms with Gasteiger partial charge in [0.05, 0.1) is 14.2 Å². The fourth-order valence-electron chi connectivity index (χ4n) is 2.89. The zero-order valence-electron chi connectivity index (χ0n) is 16.0. The van der Waals surface area contributed by atoms with E-state index in [1.165, 1.54) is 6.08 Å². The van der Waals surface area contributed by atoms with E-state index < -0.39 is 0 Å². The third-order valence-corrected chi connectivity index (χ3v) is 4.53. The van der Waals surface area contributed by atoms with Gasteiger partial charge >= 0.3 is 0 Å². The summed E-state index contributed by atoms with van der Waals surface area (Å²) in [7, 11) is 4.87. The Labute approximate surface area is 169 Å². The summed E-state index contributed by atoms with van der Waals surface area (Å²) in [5, 5.41) is 0.593. The van der Waals surface area contributed by atoms with Crippen molar-refractivity contribution in [3.8, 4) is 23.0 Å². The molecule has 1 amide bonds. The lowest BCUT2D eigenvalue weighted by atomic mass is 10.1. The average Bonchev–Trinajstić information content (AvgIpc) is 2.71. The Bertz CT molecular complexity index is 879. The molecule has 2 aromatic rings. The molecule has 0 radical (unpaired) electrons. The number of carbonyl (C=O) groups is 1. The first kappa shape index (κ1) is 19.9. The third-order valence-electron chi connectivity index (χ3n) is 4.29. The molecule has 28 heavy (non-hydrogen) atoms. The van der Waals surface area contributed by atoms with Gasteiger partial charge in [-0.1, -0.05) is 11.6 Å². The minimum Gasteiger partial charge on any atom is -0.496 e. The van der Waals surface area contributed by atoms with E-state index in [1.807, 2.05) is 6.07 Å². The lowest BCUT2D eigenvalue weighted by molar-refractivity contribution is -0.125. The van der Waals surface area contributed by atoms with Gasteiger partial charge < -0.3 is 23.8 Å². The summed E-state index contributed by atoms with van der Waals surface area (Å²) in [6, 6.07) is 8.95. The quantitative estimate of drug-likeness (QED) is 0.686. The molecule has 0 atom stereocenters. The van der Waals surface area contributed by atoms with Gasteiger partial charge in [0.25, 0.3) is 0 Å². The molecule has 6 nitrogen and oxygen atoms in total. The summed E-state index contributed by atoms with van der Waals surface area (Å²) in [5.41, 5.74) is 1.61. The molecular weight excluding hydrogens is 382 g/mol. The number of ether oxygens (including phenoxy) is 4. The highest BCUT2D eigenvalue weighted by Crippen LogP contribution is 2.40. The summed E-state index contributed by atoms with van der Waals surface area (Å²) >= 11 is 6.06. The van der Waals surface area contributed by atoms with E-state index in [4.69, 9.17) is 30.5 Å². The van der Waals surface area contributed by atoms with E-state index in [1.54, 1.807) is 56.5 Å². The number of halogens is 1. The Hall–Kier alpha value is -2.86. The van der Waals surface area contributed by atoms with Crippen LogP contribution in [0.4, 0.5) is 0 Å². The molecule has 0 saturated heterocycles. The molecule has 0 aliphatic carbocycles. The number of fused-ring (bicyclic) bond motifs is 1. The van der Waals surface area contributed by atoms with Gasteiger partial charge in [-0.15, -0.1) is 0 Å². The Balaban J connectivity index is 1.74. The third kappa shape index (κ3) is 4.51. The summed E-state index contributed by atoms with van der Waals surface area (Å²) in [6.45, 7) is 1.33. The predicted molar refractivity (Wildman–Crippen MR) is 107 cm³/mol. The fourth-order valence-corrected chi connectivity index (χ4v) is 3.08. The molecule has 7 heteroatoms. The van der Waals surface area contributed by atoms with Crippen molar-refractivity contribution in [1.29, 1.82) is 0 Å². The number of hydrogen-bond acceptors (Lipinski definition) is 5. The van der Waals surface area contributed by atoms with Crippen LogP contribution in [0.5, 0.6) is 23.0 Å². The number of methoxy groups -OCH3 is 2. The van der Waals surface area contributed by atoms with Crippen LogP contribution in [0.3, 0.4) is 0 Å². The highest BCUT2D eigenvalue weighted by Gasteiger charge is 2.18. The van der Waals surface area contributed by atoms with Crippen LogP contribution in [0.15, 0.2) is 36.4 Å². The molecule has 0 unspecified atom stereocenters. The second kappa shape index (κ2) is 8.89. The van der Waals surface area contributed by atoms with E-state index >= 15 is 0 Å². The molecule has 0 bridgehead atoms. The van der Waals surface area contributed by atoms with Crippen molar-refractivity contribution in [2.45, 2.75) is 6.54 Å². The van der Waals surface area contributed by atoms with Crippen molar-refractivity contribution >= 4 is 23.6 Å². The van der Waals surface area contributed by atoms with E-state index in [0.29, 0.717) is 47.8 Å². The lowest BCUT2D eigenvalue weighted by Crippen LogP contribution is -2.24. The van der Waals surface area contributed by atoms with Gasteiger partial charge in [-0.05, 0) is 42.0 Å². The second-order valence-corrected chi connectivity index (χ2v) is 6.67. The molecule has 0 aromatic heterocycles. The van der Waals surface area contributed by atoms with Gasteiger partial charge in [0.1, 0.15) is 19.0 Å². The number of likely N-dealkylation sites (N-methyl/N-ethyl adjacent to an activating group) is 1. The molecule has 1 aliphatic heterocycles. The number of carbonyl (C=O) groups excluding carboxylic acids is 1. The zero-order valence-corrected chi connectivity index (χ0v) is 16.8. The second-order valence-electron chi connectivity index (χ2n) is 6.23. The first-order chi connectivity index (χ1) is 13.5. The standard InChI is InChI=1S/C21H22ClNO5/c1-23(13-15-12-16(22)5-6-17(15)25-2)20(24)7-4-14-10-18(26-3)21-19(11-14)27-8-9-28-21/h4-7,10-12H,8-9,13H2,1-3H3/b7-4+. The number of nitrogens with zero attached hydrogens (tertiary/aromatic N) is 1. The lowest BCUT2D eigenvalue weighted by Gasteiger charge is -2.21. The van der Waals surface area contributed by atoms with Crippen LogP contribution in [0, 0.1) is 0 Å². The highest BCUT2D eigenvalue weighted by molar-refractivity contribution is 6.30. The van der Waals surface area contributed by atoms with Crippen LogP contribution in [0.25, 0.3) is 6.08 Å². The Morgan fingerprint density at radius 2 is 1.89 bits per heavy atom. The highest BCUT2D eigenvalue weighted by atomic mass is 35.5. The maximum absolute atomic E-state index is 12.5. The van der Waals surface area contributed by atoms with Crippen molar-refractivity contribution in [2.75, 3.05) is 34.5 Å². The van der Waals surface area contributed by atoms with Crippen LogP contribution in [0.1, 0.15) is 11.1 Å². The number of rotatable bonds is 6. The predicted octanol–water partition coefficient (Wildman–Crippen LogP) is 3.80. The fraction of sp³-hybridized carbons (Fsp3) is 0.286. The molecule has 0 saturated carbocycles. The zero-order chi connectivity index (χ0) is 20.1. The number of hydrogen-bond donors (Lipinski definition) is 0. The molecule has 3 rings (SSSR count). The molecule has 1 aliphatic rings. The topological polar surface area (TPSA) is 57.2 Å². The molecule has 1 heterocycles. The van der Waals surface area contributed by atoms with Crippen molar-refractivity contribution < 1.29 is 23.7 Å². The van der Waals surface area contributed by atoms with Crippen LogP contribution >= 0.6 is 11.6 Å². The minimum atomic E-state index is -0.157. The van der Waals surface area contributed by atoms with Crippen LogP contribution < -0.4 is 18.9 Å². The monoisotopic (exact) mass is 403 g/mol. The largest absolute Gasteiger partial charge is 0.496 e. The Morgan fingerprint density at radius 3 is 2.64 bits per heavy atom. The van der Waals surface area contributed by atoms with Crippen LogP contribution in [0.2, 0.25) is 5.02 Å². The number of benzene rings is 2. The van der Waals surface area contributed by atoms with Crippen molar-refractivity contribution in [3.63, 3.8) is 0 Å². The molecule has 0 spiro atoms. The number of amides is 1. The molecule has 2 aromatic carbocycles. The van der Waals surface area contributed by atoms with Crippen LogP contribution in [-0.4, -0.2) is 45.3 Å². The van der Waals surface area contributed by atoms with Gasteiger partial charge in [-0.25, -0.2) is 0 Å². The van der Waals surface area contributed by atoms with E-state index in [-0.39, 0.29) is 5.91 Å². The molecule has 0 fully saturated rings. The molecule has 148 valence electrons. The first-order valence-electron chi connectivity index (χ1n) is 8.75. The van der Waals surface area contributed by atoms with Gasteiger partial charge in [0.15, 0.2) is 11.5 Å². The average molecular weight is 404 g/mol. The maximum atomic E-state index is 12.5. The SMILES string of the molecule is COc1ccc(Cl)cc1CN(C)C(=O)/C=C/c1cc(OC)c2c(c1)OCCO2. The van der Waals surface area contributed by atoms with Gasteiger partial charge in [0, 0.05) is 30.3 Å². The van der Waals surface area contributed by atoms with E-state index in [0.717, 1.165) is 11.1 Å². The molecular formula is C21H22ClNO5. The van der Waals surface area contributed by atoms with Crippen molar-refractivity contribution in [1.82, 2.24) is 4.90 Å². The van der Waals surface area contributed by atoms with Crippen LogP contribution in [-0.2, 0) is 11.3 Å². The summed E-state index contributed by atoms with van der Waals surface area (Å²) in [4.78, 5) is 14.1. The minimum absolute atomic E-state index is 0.157. The van der Waals surface area contributed by atoms with Crippen molar-refractivity contribution in [3.05, 3.63) is 52.6 Å². The first-order valence-corrected chi connectivity index (χ1v) is 9.13. The molecule has 0 N–H and O–H groups in total. The van der Waals surface area contributed by atoms with Gasteiger partial charge in [-0.3, -0.25) is 4.79 Å². The Morgan fingerprint density at radius 1 is 1.14 bits per heavy atom.